The first kappa shape index (κ1) is 16.5. The number of fused-ring (bicyclic) bond motifs is 3. The quantitative estimate of drug-likeness (QED) is 0.694. The van der Waals surface area contributed by atoms with Crippen LogP contribution in [0.3, 0.4) is 0 Å². The molecule has 0 aliphatic heterocycles. The van der Waals surface area contributed by atoms with Crippen LogP contribution in [-0.2, 0) is 17.6 Å². The van der Waals surface area contributed by atoms with E-state index in [1.54, 1.807) is 30.3 Å². The number of Topliss-reactive ketones (excluding diaryl/α,β-unsaturated/α-hetero) is 1. The topological polar surface area (TPSA) is 62.0 Å². The fourth-order valence-corrected chi connectivity index (χ4v) is 3.67. The minimum absolute atomic E-state index is 0.0378. The summed E-state index contributed by atoms with van der Waals surface area (Å²) in [6, 6.07) is 11.7. The van der Waals surface area contributed by atoms with Gasteiger partial charge in [-0.25, -0.2) is 4.39 Å². The van der Waals surface area contributed by atoms with Crippen molar-refractivity contribution >= 4 is 28.3 Å². The van der Waals surface area contributed by atoms with Gasteiger partial charge in [-0.2, -0.15) is 0 Å². The number of carbonyl (C=O) groups excluding carboxylic acids is 2. The van der Waals surface area contributed by atoms with Gasteiger partial charge in [0.25, 0.3) is 0 Å². The van der Waals surface area contributed by atoms with E-state index in [4.69, 9.17) is 0 Å². The summed E-state index contributed by atoms with van der Waals surface area (Å²) in [5.74, 6) is -0.552. The van der Waals surface area contributed by atoms with Gasteiger partial charge < -0.3 is 10.3 Å². The molecule has 1 atom stereocenters. The fourth-order valence-electron chi connectivity index (χ4n) is 3.67. The fraction of sp³-hybridized carbons (Fsp3) is 0.238. The van der Waals surface area contributed by atoms with E-state index < -0.39 is 0 Å². The van der Waals surface area contributed by atoms with Crippen molar-refractivity contribution in [2.75, 3.05) is 5.32 Å². The smallest absolute Gasteiger partial charge is 0.227 e. The monoisotopic (exact) mass is 350 g/mol. The summed E-state index contributed by atoms with van der Waals surface area (Å²) in [5, 5.41) is 3.77. The zero-order valence-corrected chi connectivity index (χ0v) is 14.4. The van der Waals surface area contributed by atoms with Crippen LogP contribution in [0.15, 0.2) is 42.5 Å². The summed E-state index contributed by atoms with van der Waals surface area (Å²) in [7, 11) is 0. The minimum atomic E-state index is -0.271. The van der Waals surface area contributed by atoms with Crippen LogP contribution < -0.4 is 5.32 Å². The summed E-state index contributed by atoms with van der Waals surface area (Å²) in [5.41, 5.74) is 4.22. The number of ketones is 1. The van der Waals surface area contributed by atoms with E-state index >= 15 is 0 Å². The average Bonchev–Trinajstić information content (AvgIpc) is 2.99. The Kier molecular flexibility index (Phi) is 4.07. The van der Waals surface area contributed by atoms with Crippen LogP contribution in [-0.4, -0.2) is 16.7 Å². The summed E-state index contributed by atoms with van der Waals surface area (Å²) >= 11 is 0. The maximum atomic E-state index is 13.6. The third kappa shape index (κ3) is 3.01. The van der Waals surface area contributed by atoms with Gasteiger partial charge in [0.1, 0.15) is 5.82 Å². The molecule has 0 spiro atoms. The summed E-state index contributed by atoms with van der Waals surface area (Å²) in [6.07, 6.45) is 2.08. The molecule has 0 bridgehead atoms. The Balaban J connectivity index is 1.56. The van der Waals surface area contributed by atoms with Crippen molar-refractivity contribution in [1.29, 1.82) is 0 Å². The number of rotatable bonds is 3. The van der Waals surface area contributed by atoms with E-state index in [1.165, 1.54) is 19.1 Å². The van der Waals surface area contributed by atoms with Gasteiger partial charge in [-0.1, -0.05) is 12.1 Å². The molecule has 1 aliphatic rings. The predicted octanol–water partition coefficient (Wildman–Crippen LogP) is 4.25. The van der Waals surface area contributed by atoms with Crippen LogP contribution in [0.25, 0.3) is 10.9 Å². The van der Waals surface area contributed by atoms with E-state index in [1.807, 2.05) is 0 Å². The molecule has 132 valence electrons. The number of hydrogen-bond donors (Lipinski definition) is 2. The zero-order valence-electron chi connectivity index (χ0n) is 14.4. The lowest BCUT2D eigenvalue weighted by Crippen LogP contribution is -2.28. The van der Waals surface area contributed by atoms with Gasteiger partial charge in [-0.3, -0.25) is 9.59 Å². The molecule has 1 aliphatic carbocycles. The largest absolute Gasteiger partial charge is 0.358 e. The van der Waals surface area contributed by atoms with E-state index in [2.05, 4.69) is 10.3 Å². The van der Waals surface area contributed by atoms with Gasteiger partial charge in [0.05, 0.1) is 0 Å². The van der Waals surface area contributed by atoms with Crippen molar-refractivity contribution in [2.24, 2.45) is 5.92 Å². The Morgan fingerprint density at radius 3 is 2.85 bits per heavy atom. The first-order valence-electron chi connectivity index (χ1n) is 8.72. The maximum absolute atomic E-state index is 13.6. The molecule has 1 heterocycles. The SMILES string of the molecule is CC(=O)c1cccc(NC(=O)C2CCc3[nH]c4ccc(F)cc4c3C2)c1. The molecule has 2 aromatic carbocycles. The molecule has 26 heavy (non-hydrogen) atoms. The normalized spacial score (nSPS) is 16.3. The molecule has 5 heteroatoms. The van der Waals surface area contributed by atoms with Crippen molar-refractivity contribution in [1.82, 2.24) is 4.98 Å². The highest BCUT2D eigenvalue weighted by molar-refractivity contribution is 5.98. The molecule has 1 aromatic heterocycles. The lowest BCUT2D eigenvalue weighted by Gasteiger charge is -2.22. The van der Waals surface area contributed by atoms with E-state index in [9.17, 15) is 14.0 Å². The van der Waals surface area contributed by atoms with Crippen molar-refractivity contribution in [3.05, 3.63) is 65.1 Å². The van der Waals surface area contributed by atoms with Gasteiger partial charge in [0, 0.05) is 33.8 Å². The lowest BCUT2D eigenvalue weighted by molar-refractivity contribution is -0.120. The molecular weight excluding hydrogens is 331 g/mol. The predicted molar refractivity (Wildman–Crippen MR) is 98.8 cm³/mol. The van der Waals surface area contributed by atoms with Crippen molar-refractivity contribution in [3.8, 4) is 0 Å². The zero-order chi connectivity index (χ0) is 18.3. The Morgan fingerprint density at radius 2 is 2.04 bits per heavy atom. The molecule has 1 unspecified atom stereocenters. The van der Waals surface area contributed by atoms with Crippen molar-refractivity contribution < 1.29 is 14.0 Å². The van der Waals surface area contributed by atoms with Crippen LogP contribution in [0, 0.1) is 11.7 Å². The number of aromatic nitrogens is 1. The van der Waals surface area contributed by atoms with Crippen LogP contribution in [0.2, 0.25) is 0 Å². The summed E-state index contributed by atoms with van der Waals surface area (Å²) in [4.78, 5) is 27.5. The van der Waals surface area contributed by atoms with Gasteiger partial charge in [0.15, 0.2) is 5.78 Å². The number of benzene rings is 2. The highest BCUT2D eigenvalue weighted by Crippen LogP contribution is 2.32. The molecule has 0 saturated carbocycles. The van der Waals surface area contributed by atoms with Crippen LogP contribution >= 0.6 is 0 Å². The second-order valence-corrected chi connectivity index (χ2v) is 6.84. The first-order chi connectivity index (χ1) is 12.5. The van der Waals surface area contributed by atoms with Crippen LogP contribution in [0.4, 0.5) is 10.1 Å². The molecule has 2 N–H and O–H groups in total. The number of aromatic amines is 1. The second-order valence-electron chi connectivity index (χ2n) is 6.84. The van der Waals surface area contributed by atoms with E-state index in [0.29, 0.717) is 17.7 Å². The molecule has 4 rings (SSSR count). The number of anilines is 1. The van der Waals surface area contributed by atoms with Gasteiger partial charge >= 0.3 is 0 Å². The van der Waals surface area contributed by atoms with Crippen LogP contribution in [0.1, 0.15) is 35.0 Å². The van der Waals surface area contributed by atoms with E-state index in [0.717, 1.165) is 35.0 Å². The third-order valence-corrected chi connectivity index (χ3v) is 5.06. The highest BCUT2D eigenvalue weighted by Gasteiger charge is 2.27. The number of carbonyl (C=O) groups is 2. The van der Waals surface area contributed by atoms with Crippen molar-refractivity contribution in [3.63, 3.8) is 0 Å². The standard InChI is InChI=1S/C21H19FN2O2/c1-12(25)13-3-2-4-16(9-13)23-21(26)14-5-7-19-17(10-14)18-11-15(22)6-8-20(18)24-19/h2-4,6,8-9,11,14,24H,5,7,10H2,1H3,(H,23,26). The highest BCUT2D eigenvalue weighted by atomic mass is 19.1. The third-order valence-electron chi connectivity index (χ3n) is 5.06. The summed E-state index contributed by atoms with van der Waals surface area (Å²) < 4.78 is 13.6. The number of aryl methyl sites for hydroxylation is 1. The molecular formula is C21H19FN2O2. The van der Waals surface area contributed by atoms with Crippen molar-refractivity contribution in [2.45, 2.75) is 26.2 Å². The van der Waals surface area contributed by atoms with Gasteiger partial charge in [0.2, 0.25) is 5.91 Å². The number of amides is 1. The van der Waals surface area contributed by atoms with Crippen LogP contribution in [0.5, 0.6) is 0 Å². The van der Waals surface area contributed by atoms with E-state index in [-0.39, 0.29) is 23.4 Å². The van der Waals surface area contributed by atoms with Gasteiger partial charge in [-0.15, -0.1) is 0 Å². The first-order valence-corrected chi connectivity index (χ1v) is 8.72. The minimum Gasteiger partial charge on any atom is -0.358 e. The molecule has 0 saturated heterocycles. The number of hydrogen-bond acceptors (Lipinski definition) is 2. The number of halogens is 1. The Bertz CT molecular complexity index is 1020. The molecule has 1 amide bonds. The molecule has 0 radical (unpaired) electrons. The average molecular weight is 350 g/mol. The Morgan fingerprint density at radius 1 is 1.19 bits per heavy atom. The second kappa shape index (κ2) is 6.41. The molecule has 3 aromatic rings. The molecule has 4 nitrogen and oxygen atoms in total. The lowest BCUT2D eigenvalue weighted by atomic mass is 9.85. The maximum Gasteiger partial charge on any atom is 0.227 e. The molecule has 0 fully saturated rings. The number of nitrogens with one attached hydrogen (secondary N) is 2. The Labute approximate surface area is 150 Å². The summed E-state index contributed by atoms with van der Waals surface area (Å²) in [6.45, 7) is 1.50. The Hall–Kier alpha value is -2.95. The number of H-pyrrole nitrogens is 1. The van der Waals surface area contributed by atoms with Gasteiger partial charge in [-0.05, 0) is 62.1 Å².